The Morgan fingerprint density at radius 1 is 1.12 bits per heavy atom. The van der Waals surface area contributed by atoms with E-state index in [0.717, 1.165) is 16.7 Å². The van der Waals surface area contributed by atoms with Gasteiger partial charge in [0.2, 0.25) is 0 Å². The van der Waals surface area contributed by atoms with Crippen LogP contribution in [0.4, 0.5) is 26.3 Å². The van der Waals surface area contributed by atoms with Gasteiger partial charge in [0.25, 0.3) is 5.22 Å². The first-order valence-electron chi connectivity index (χ1n) is 8.95. The zero-order valence-corrected chi connectivity index (χ0v) is 16.8. The number of halogens is 6. The molecule has 3 rings (SSSR count). The molecule has 1 aromatic carbocycles. The van der Waals surface area contributed by atoms with Crippen molar-refractivity contribution in [1.82, 2.24) is 15.2 Å². The van der Waals surface area contributed by atoms with E-state index < -0.39 is 36.7 Å². The predicted octanol–water partition coefficient (Wildman–Crippen LogP) is 2.69. The van der Waals surface area contributed by atoms with Gasteiger partial charge in [-0.3, -0.25) is 0 Å². The molecule has 0 atom stereocenters. The number of ether oxygens (including phenoxy) is 2. The summed E-state index contributed by atoms with van der Waals surface area (Å²) in [6.07, 6.45) is -11.0. The van der Waals surface area contributed by atoms with Gasteiger partial charge in [0.15, 0.2) is 5.58 Å². The van der Waals surface area contributed by atoms with Crippen LogP contribution in [0.3, 0.4) is 0 Å². The second kappa shape index (κ2) is 9.15. The van der Waals surface area contributed by atoms with Crippen LogP contribution >= 0.6 is 11.8 Å². The van der Waals surface area contributed by atoms with Gasteiger partial charge in [-0.2, -0.15) is 26.3 Å². The largest absolute Gasteiger partial charge is 0.491 e. The minimum Gasteiger partial charge on any atom is -0.431 e. The summed E-state index contributed by atoms with van der Waals surface area (Å²) in [5.41, 5.74) is 1.05. The first kappa shape index (κ1) is 24.1. The normalized spacial score (nSPS) is 17.3. The van der Waals surface area contributed by atoms with Gasteiger partial charge in [-0.15, -0.1) is 0 Å². The first-order chi connectivity index (χ1) is 14.9. The number of hydrogen-bond donors (Lipinski definition) is 1. The highest BCUT2D eigenvalue weighted by Crippen LogP contribution is 2.31. The maximum Gasteiger partial charge on any atom is 0.491 e. The van der Waals surface area contributed by atoms with E-state index in [4.69, 9.17) is 4.42 Å². The van der Waals surface area contributed by atoms with Crippen LogP contribution in [0.1, 0.15) is 0 Å². The van der Waals surface area contributed by atoms with Crippen molar-refractivity contribution in [3.05, 3.63) is 24.3 Å². The molecule has 8 nitrogen and oxygen atoms in total. The molecule has 0 saturated carbocycles. The Labute approximate surface area is 180 Å². The molecule has 0 unspecified atom stereocenters. The fourth-order valence-electron chi connectivity index (χ4n) is 2.81. The van der Waals surface area contributed by atoms with E-state index in [1.807, 2.05) is 0 Å². The van der Waals surface area contributed by atoms with E-state index in [-0.39, 0.29) is 30.6 Å². The molecule has 1 aliphatic heterocycles. The molecule has 1 fully saturated rings. The number of alkyl halides is 6. The summed E-state index contributed by atoms with van der Waals surface area (Å²) in [5.74, 6) is -8.48. The predicted molar refractivity (Wildman–Crippen MR) is 96.2 cm³/mol. The molecule has 1 saturated heterocycles. The Balaban J connectivity index is 1.77. The van der Waals surface area contributed by atoms with Crippen molar-refractivity contribution in [1.29, 1.82) is 0 Å². The Bertz CT molecular complexity index is 918. The molecule has 1 aliphatic rings. The van der Waals surface area contributed by atoms with E-state index in [9.17, 15) is 35.9 Å². The number of aromatic nitrogens is 1. The Morgan fingerprint density at radius 3 is 2.34 bits per heavy atom. The number of para-hydroxylation sites is 2. The van der Waals surface area contributed by atoms with Crippen molar-refractivity contribution in [3.8, 4) is 0 Å². The molecule has 15 heteroatoms. The van der Waals surface area contributed by atoms with Crippen molar-refractivity contribution >= 4 is 34.8 Å². The van der Waals surface area contributed by atoms with Crippen molar-refractivity contribution in [2.45, 2.75) is 23.5 Å². The summed E-state index contributed by atoms with van der Waals surface area (Å²) >= 11 is 1.02. The molecule has 0 aliphatic carbocycles. The van der Waals surface area contributed by atoms with Gasteiger partial charge >= 0.3 is 30.2 Å². The maximum atomic E-state index is 12.7. The Hall–Kier alpha value is -2.52. The van der Waals surface area contributed by atoms with Crippen molar-refractivity contribution in [3.63, 3.8) is 0 Å². The minimum atomic E-state index is -5.52. The van der Waals surface area contributed by atoms with Gasteiger partial charge < -0.3 is 19.2 Å². The number of nitrogens with one attached hydrogen (secondary N) is 1. The van der Waals surface area contributed by atoms with Crippen LogP contribution in [0.2, 0.25) is 0 Å². The highest BCUT2D eigenvalue weighted by Gasteiger charge is 2.55. The summed E-state index contributed by atoms with van der Waals surface area (Å²) < 4.78 is 90.5. The Morgan fingerprint density at radius 2 is 1.75 bits per heavy atom. The number of rotatable bonds is 6. The average Bonchev–Trinajstić information content (AvgIpc) is 3.10. The topological polar surface area (TPSA) is 93.9 Å². The molecule has 1 N–H and O–H groups in total. The number of carbonyl (C=O) groups is 2. The number of fused-ring (bicyclic) bond motifs is 1. The summed E-state index contributed by atoms with van der Waals surface area (Å²) in [7, 11) is 0. The van der Waals surface area contributed by atoms with Crippen LogP contribution in [0, 0.1) is 0 Å². The zero-order chi connectivity index (χ0) is 23.6. The molecule has 0 amide bonds. The first-order valence-corrected chi connectivity index (χ1v) is 9.94. The van der Waals surface area contributed by atoms with Crippen LogP contribution < -0.4 is 5.32 Å². The number of nitrogens with zero attached hydrogens (tertiary/aromatic N) is 2. The van der Waals surface area contributed by atoms with Crippen LogP contribution in [-0.4, -0.2) is 72.0 Å². The third-order valence-corrected chi connectivity index (χ3v) is 5.03. The minimum absolute atomic E-state index is 0.0573. The highest BCUT2D eigenvalue weighted by atomic mass is 32.2. The van der Waals surface area contributed by atoms with Crippen LogP contribution in [-0.2, 0) is 19.1 Å². The van der Waals surface area contributed by atoms with Crippen LogP contribution in [0.25, 0.3) is 11.1 Å². The molecule has 176 valence electrons. The molecule has 0 bridgehead atoms. The maximum absolute atomic E-state index is 12.7. The molecule has 2 heterocycles. The van der Waals surface area contributed by atoms with E-state index in [1.165, 1.54) is 0 Å². The van der Waals surface area contributed by atoms with Gasteiger partial charge in [0.1, 0.15) is 5.52 Å². The molecule has 32 heavy (non-hydrogen) atoms. The second-order valence-corrected chi connectivity index (χ2v) is 7.49. The van der Waals surface area contributed by atoms with Crippen molar-refractivity contribution in [2.24, 2.45) is 0 Å². The number of hydrogen-bond acceptors (Lipinski definition) is 9. The number of oxazole rings is 1. The highest BCUT2D eigenvalue weighted by molar-refractivity contribution is 7.99. The standard InChI is InChI=1S/C17H15F6N3O5S/c18-16(19,20)12(27)30-15(31-13(28)17(21,22)23)9-24-5-6-26(15)7-8-32-14-25-10-3-1-2-4-11(10)29-14/h1-4,24H,5-9H2. The summed E-state index contributed by atoms with van der Waals surface area (Å²) in [6.45, 7) is -1.07. The zero-order valence-electron chi connectivity index (χ0n) is 16.0. The third kappa shape index (κ3) is 5.63. The molecular weight excluding hydrogens is 472 g/mol. The average molecular weight is 487 g/mol. The number of piperazine rings is 1. The second-order valence-electron chi connectivity index (χ2n) is 6.45. The lowest BCUT2D eigenvalue weighted by Gasteiger charge is -2.44. The fourth-order valence-corrected chi connectivity index (χ4v) is 3.61. The SMILES string of the molecule is O=C(OC1(OC(=O)C(F)(F)F)CNCCN1CCSc1nc2ccccc2o1)C(F)(F)F. The van der Waals surface area contributed by atoms with Crippen molar-refractivity contribution < 1.29 is 49.8 Å². The number of esters is 2. The smallest absolute Gasteiger partial charge is 0.431 e. The lowest BCUT2D eigenvalue weighted by atomic mass is 10.3. The summed E-state index contributed by atoms with van der Waals surface area (Å²) in [5, 5.41) is 2.69. The van der Waals surface area contributed by atoms with E-state index in [2.05, 4.69) is 19.8 Å². The lowest BCUT2D eigenvalue weighted by molar-refractivity contribution is -0.318. The molecule has 1 aromatic heterocycles. The van der Waals surface area contributed by atoms with Crippen LogP contribution in [0.15, 0.2) is 33.9 Å². The van der Waals surface area contributed by atoms with Gasteiger partial charge in [0, 0.05) is 25.4 Å². The van der Waals surface area contributed by atoms with Gasteiger partial charge in [0.05, 0.1) is 6.54 Å². The Kier molecular flexibility index (Phi) is 6.90. The van der Waals surface area contributed by atoms with E-state index in [1.54, 1.807) is 24.3 Å². The molecule has 0 radical (unpaired) electrons. The van der Waals surface area contributed by atoms with Gasteiger partial charge in [-0.05, 0) is 12.1 Å². The quantitative estimate of drug-likeness (QED) is 0.286. The fraction of sp³-hybridized carbons (Fsp3) is 0.471. The monoisotopic (exact) mass is 487 g/mol. The molecule has 2 aromatic rings. The molecule has 0 spiro atoms. The molecular formula is C17H15F6N3O5S. The van der Waals surface area contributed by atoms with Crippen molar-refractivity contribution in [2.75, 3.05) is 31.9 Å². The number of benzene rings is 1. The summed E-state index contributed by atoms with van der Waals surface area (Å²) in [6, 6.07) is 6.82. The number of carbonyl (C=O) groups excluding carboxylic acids is 2. The van der Waals surface area contributed by atoms with Gasteiger partial charge in [-0.25, -0.2) is 19.5 Å². The van der Waals surface area contributed by atoms with E-state index in [0.29, 0.717) is 11.1 Å². The van der Waals surface area contributed by atoms with Gasteiger partial charge in [-0.1, -0.05) is 23.9 Å². The third-order valence-electron chi connectivity index (χ3n) is 4.22. The number of thioether (sulfide) groups is 1. The summed E-state index contributed by atoms with van der Waals surface area (Å²) in [4.78, 5) is 27.9. The lowest BCUT2D eigenvalue weighted by Crippen LogP contribution is -2.67. The van der Waals surface area contributed by atoms with Crippen LogP contribution in [0.5, 0.6) is 0 Å². The van der Waals surface area contributed by atoms with E-state index >= 15 is 0 Å².